The predicted molar refractivity (Wildman–Crippen MR) is 135 cm³/mol. The van der Waals surface area contributed by atoms with E-state index in [1.54, 1.807) is 0 Å². The Morgan fingerprint density at radius 2 is 1.66 bits per heavy atom. The Morgan fingerprint density at radius 1 is 1.05 bits per heavy atom. The largest absolute Gasteiger partial charge is 0.573 e. The van der Waals surface area contributed by atoms with Gasteiger partial charge in [0.05, 0.1) is 23.4 Å². The Hall–Kier alpha value is -4.02. The molecule has 0 saturated carbocycles. The average Bonchev–Trinajstić information content (AvgIpc) is 3.23. The maximum absolute atomic E-state index is 13.3. The third-order valence-corrected chi connectivity index (χ3v) is 9.08. The maximum Gasteiger partial charge on any atom is 0.573 e. The number of benzene rings is 2. The number of hydrogen-bond acceptors (Lipinski definition) is 9. The Kier molecular flexibility index (Phi) is 8.65. The molecule has 0 atom stereocenters. The molecular formula is C25H26F3N3O9S. The first-order valence-electron chi connectivity index (χ1n) is 12.2. The van der Waals surface area contributed by atoms with Crippen LogP contribution in [0.1, 0.15) is 19.3 Å². The van der Waals surface area contributed by atoms with E-state index >= 15 is 0 Å². The lowest BCUT2D eigenvalue weighted by atomic mass is 9.98. The highest BCUT2D eigenvalue weighted by Crippen LogP contribution is 2.36. The van der Waals surface area contributed by atoms with Gasteiger partial charge in [-0.05, 0) is 67.8 Å². The average molecular weight is 602 g/mol. The number of nitrogens with one attached hydrogen (secondary N) is 1. The van der Waals surface area contributed by atoms with E-state index in [-0.39, 0.29) is 62.1 Å². The van der Waals surface area contributed by atoms with Crippen molar-refractivity contribution in [3.05, 3.63) is 65.2 Å². The summed E-state index contributed by atoms with van der Waals surface area (Å²) in [6.45, 7) is 0.208. The summed E-state index contributed by atoms with van der Waals surface area (Å²) in [5.74, 6) is -1.54. The third-order valence-electron chi connectivity index (χ3n) is 6.57. The second kappa shape index (κ2) is 11.8. The van der Waals surface area contributed by atoms with Crippen molar-refractivity contribution in [3.8, 4) is 23.1 Å². The van der Waals surface area contributed by atoms with Gasteiger partial charge in [-0.3, -0.25) is 19.1 Å². The number of hydrogen-bond donors (Lipinski definition) is 3. The van der Waals surface area contributed by atoms with E-state index in [4.69, 9.17) is 14.7 Å². The molecule has 1 amide bonds. The van der Waals surface area contributed by atoms with Crippen LogP contribution in [-0.2, 0) is 25.9 Å². The molecule has 222 valence electrons. The summed E-state index contributed by atoms with van der Waals surface area (Å²) in [7, 11) is -4.19. The summed E-state index contributed by atoms with van der Waals surface area (Å²) in [5, 5.41) is 19.4. The monoisotopic (exact) mass is 601 g/mol. The van der Waals surface area contributed by atoms with E-state index in [0.29, 0.717) is 5.75 Å². The molecule has 2 aromatic carbocycles. The SMILES string of the molecule is O=C(NO)C1(S(=O)(=O)c2ccc(OCCCn3c(O)cn(-c4ccc(OC(F)(F)F)cc4)c3=O)cc2)CCOCC1. The van der Waals surface area contributed by atoms with E-state index in [1.165, 1.54) is 41.9 Å². The van der Waals surface area contributed by atoms with Crippen LogP contribution in [0.4, 0.5) is 13.2 Å². The molecule has 0 spiro atoms. The number of aromatic nitrogens is 2. The summed E-state index contributed by atoms with van der Waals surface area (Å²) in [6.07, 6.45) is -3.70. The Labute approximate surface area is 231 Å². The van der Waals surface area contributed by atoms with Gasteiger partial charge in [-0.15, -0.1) is 13.2 Å². The van der Waals surface area contributed by atoms with Crippen LogP contribution in [-0.4, -0.2) is 64.7 Å². The van der Waals surface area contributed by atoms with E-state index in [9.17, 15) is 36.3 Å². The van der Waals surface area contributed by atoms with Crippen LogP contribution in [0.2, 0.25) is 0 Å². The summed E-state index contributed by atoms with van der Waals surface area (Å²) in [4.78, 5) is 24.9. The Morgan fingerprint density at radius 3 is 2.24 bits per heavy atom. The van der Waals surface area contributed by atoms with Crippen LogP contribution in [0.5, 0.6) is 17.4 Å². The number of carbonyl (C=O) groups excluding carboxylic acids is 1. The second-order valence-corrected chi connectivity index (χ2v) is 11.3. The second-order valence-electron chi connectivity index (χ2n) is 9.06. The third kappa shape index (κ3) is 6.34. The minimum atomic E-state index is -4.85. The molecule has 0 unspecified atom stereocenters. The van der Waals surface area contributed by atoms with Gasteiger partial charge in [-0.25, -0.2) is 18.7 Å². The van der Waals surface area contributed by atoms with Gasteiger partial charge in [0.1, 0.15) is 11.5 Å². The summed E-state index contributed by atoms with van der Waals surface area (Å²) >= 11 is 0. The number of rotatable bonds is 10. The number of sulfone groups is 1. The minimum absolute atomic E-state index is 0.0407. The topological polar surface area (TPSA) is 158 Å². The zero-order chi connectivity index (χ0) is 29.8. The van der Waals surface area contributed by atoms with Gasteiger partial charge in [0.25, 0.3) is 5.91 Å². The number of amides is 1. The molecule has 2 heterocycles. The zero-order valence-electron chi connectivity index (χ0n) is 21.3. The van der Waals surface area contributed by atoms with Crippen LogP contribution in [0, 0.1) is 0 Å². The lowest BCUT2D eigenvalue weighted by Crippen LogP contribution is -2.54. The van der Waals surface area contributed by atoms with Crippen molar-refractivity contribution in [2.75, 3.05) is 19.8 Å². The van der Waals surface area contributed by atoms with Crippen molar-refractivity contribution in [1.29, 1.82) is 0 Å². The van der Waals surface area contributed by atoms with Gasteiger partial charge in [0.15, 0.2) is 14.6 Å². The first-order chi connectivity index (χ1) is 19.4. The fraction of sp³-hybridized carbons (Fsp3) is 0.360. The number of nitrogens with zero attached hydrogens (tertiary/aromatic N) is 2. The van der Waals surface area contributed by atoms with Crippen LogP contribution >= 0.6 is 0 Å². The van der Waals surface area contributed by atoms with E-state index in [0.717, 1.165) is 27.5 Å². The highest BCUT2D eigenvalue weighted by Gasteiger charge is 2.52. The fourth-order valence-corrected chi connectivity index (χ4v) is 6.39. The molecule has 0 aliphatic carbocycles. The van der Waals surface area contributed by atoms with Gasteiger partial charge >= 0.3 is 12.1 Å². The summed E-state index contributed by atoms with van der Waals surface area (Å²) < 4.78 is 78.5. The number of halogens is 3. The molecule has 0 radical (unpaired) electrons. The predicted octanol–water partition coefficient (Wildman–Crippen LogP) is 2.54. The fourth-order valence-electron chi connectivity index (χ4n) is 4.45. The van der Waals surface area contributed by atoms with E-state index < -0.39 is 38.3 Å². The van der Waals surface area contributed by atoms with Crippen LogP contribution in [0.25, 0.3) is 5.69 Å². The number of aromatic hydroxyl groups is 1. The van der Waals surface area contributed by atoms with Gasteiger partial charge in [-0.2, -0.15) is 0 Å². The molecule has 1 saturated heterocycles. The molecule has 3 aromatic rings. The van der Waals surface area contributed by atoms with Crippen molar-refractivity contribution < 1.29 is 50.9 Å². The Balaban J connectivity index is 1.37. The van der Waals surface area contributed by atoms with Gasteiger partial charge < -0.3 is 19.3 Å². The molecule has 4 rings (SSSR count). The molecular weight excluding hydrogens is 575 g/mol. The molecule has 1 aliphatic heterocycles. The van der Waals surface area contributed by atoms with Crippen LogP contribution in [0.3, 0.4) is 0 Å². The smallest absolute Gasteiger partial charge is 0.494 e. The summed E-state index contributed by atoms with van der Waals surface area (Å²) in [5.41, 5.74) is 1.04. The number of ether oxygens (including phenoxy) is 3. The molecule has 0 bridgehead atoms. The van der Waals surface area contributed by atoms with Crippen molar-refractivity contribution in [2.24, 2.45) is 0 Å². The Bertz CT molecular complexity index is 1530. The van der Waals surface area contributed by atoms with Crippen LogP contribution < -0.4 is 20.6 Å². The minimum Gasteiger partial charge on any atom is -0.494 e. The van der Waals surface area contributed by atoms with Crippen molar-refractivity contribution >= 4 is 15.7 Å². The molecule has 3 N–H and O–H groups in total. The number of alkyl halides is 3. The van der Waals surface area contributed by atoms with Crippen molar-refractivity contribution in [2.45, 2.75) is 41.8 Å². The van der Waals surface area contributed by atoms with Gasteiger partial charge in [0.2, 0.25) is 5.88 Å². The first-order valence-corrected chi connectivity index (χ1v) is 13.7. The molecule has 12 nitrogen and oxygen atoms in total. The highest BCUT2D eigenvalue weighted by molar-refractivity contribution is 7.93. The normalized spacial score (nSPS) is 15.3. The standard InChI is InChI=1S/C25H26F3N3O9S/c26-25(27,28)40-19-4-2-17(3-5-19)31-16-21(32)30(23(31)34)12-1-13-39-18-6-8-20(9-7-18)41(36,37)24(22(33)29-35)10-14-38-15-11-24/h2-9,16,32,35H,1,10-15H2,(H,29,33). The van der Waals surface area contributed by atoms with Crippen molar-refractivity contribution in [3.63, 3.8) is 0 Å². The van der Waals surface area contributed by atoms with E-state index in [1.807, 2.05) is 0 Å². The summed E-state index contributed by atoms with van der Waals surface area (Å²) in [6, 6.07) is 9.93. The zero-order valence-corrected chi connectivity index (χ0v) is 22.2. The lowest BCUT2D eigenvalue weighted by Gasteiger charge is -2.34. The van der Waals surface area contributed by atoms with Gasteiger partial charge in [0, 0.05) is 19.8 Å². The quantitative estimate of drug-likeness (QED) is 0.180. The lowest BCUT2D eigenvalue weighted by molar-refractivity contribution is -0.274. The first kappa shape index (κ1) is 30.0. The molecule has 16 heteroatoms. The molecule has 41 heavy (non-hydrogen) atoms. The van der Waals surface area contributed by atoms with Crippen molar-refractivity contribution in [1.82, 2.24) is 14.6 Å². The molecule has 1 aliphatic rings. The number of imidazole rings is 1. The molecule has 1 aromatic heterocycles. The molecule has 1 fully saturated rings. The van der Waals surface area contributed by atoms with Crippen LogP contribution in [0.15, 0.2) is 64.4 Å². The van der Waals surface area contributed by atoms with E-state index in [2.05, 4.69) is 4.74 Å². The number of carbonyl (C=O) groups is 1. The maximum atomic E-state index is 13.3. The van der Waals surface area contributed by atoms with Gasteiger partial charge in [-0.1, -0.05) is 0 Å². The highest BCUT2D eigenvalue weighted by atomic mass is 32.2. The number of hydroxylamine groups is 1.